The van der Waals surface area contributed by atoms with Gasteiger partial charge < -0.3 is 10.6 Å². The van der Waals surface area contributed by atoms with Gasteiger partial charge in [0.1, 0.15) is 0 Å². The minimum atomic E-state index is -3.21. The smallest absolute Gasteiger partial charge is 0.228 e. The van der Waals surface area contributed by atoms with Gasteiger partial charge in [-0.1, -0.05) is 38.1 Å². The molecule has 0 radical (unpaired) electrons. The van der Waals surface area contributed by atoms with Gasteiger partial charge in [-0.25, -0.2) is 8.42 Å². The van der Waals surface area contributed by atoms with Crippen LogP contribution in [0.25, 0.3) is 0 Å². The molecular weight excluding hydrogens is 348 g/mol. The van der Waals surface area contributed by atoms with Crippen LogP contribution in [0.15, 0.2) is 53.4 Å². The molecule has 26 heavy (non-hydrogen) atoms. The summed E-state index contributed by atoms with van der Waals surface area (Å²) in [6.07, 6.45) is 1.30. The third-order valence-corrected chi connectivity index (χ3v) is 5.77. The van der Waals surface area contributed by atoms with Crippen LogP contribution in [-0.4, -0.2) is 26.6 Å². The Balaban J connectivity index is 1.90. The van der Waals surface area contributed by atoms with Gasteiger partial charge in [0.25, 0.3) is 0 Å². The number of anilines is 1. The molecule has 0 saturated heterocycles. The van der Waals surface area contributed by atoms with E-state index in [-0.39, 0.29) is 23.0 Å². The Morgan fingerprint density at radius 3 is 2.12 bits per heavy atom. The molecule has 0 unspecified atom stereocenters. The van der Waals surface area contributed by atoms with Crippen LogP contribution in [0.3, 0.4) is 0 Å². The average molecular weight is 375 g/mol. The van der Waals surface area contributed by atoms with Crippen LogP contribution in [-0.2, 0) is 27.6 Å². The molecule has 0 bridgehead atoms. The van der Waals surface area contributed by atoms with Gasteiger partial charge in [-0.05, 0) is 48.4 Å². The number of rotatable bonds is 9. The van der Waals surface area contributed by atoms with E-state index in [0.29, 0.717) is 0 Å². The molecule has 1 amide bonds. The van der Waals surface area contributed by atoms with E-state index in [4.69, 9.17) is 0 Å². The molecule has 0 aromatic heterocycles. The topological polar surface area (TPSA) is 75.3 Å². The van der Waals surface area contributed by atoms with Crippen molar-refractivity contribution >= 4 is 21.4 Å². The van der Waals surface area contributed by atoms with Crippen LogP contribution < -0.4 is 10.6 Å². The maximum Gasteiger partial charge on any atom is 0.228 e. The van der Waals surface area contributed by atoms with E-state index in [0.717, 1.165) is 30.8 Å². The summed E-state index contributed by atoms with van der Waals surface area (Å²) >= 11 is 0. The maximum atomic E-state index is 12.2. The number of carbonyl (C=O) groups excluding carboxylic acids is 1. The SMILES string of the molecule is CCCNCc1ccc(NC(=O)Cc2ccc(S(=O)(=O)CC)cc2)cc1. The van der Waals surface area contributed by atoms with E-state index in [1.165, 1.54) is 5.56 Å². The second-order valence-electron chi connectivity index (χ2n) is 6.15. The normalized spacial score (nSPS) is 11.3. The molecule has 6 heteroatoms. The molecule has 140 valence electrons. The molecule has 5 nitrogen and oxygen atoms in total. The van der Waals surface area contributed by atoms with Crippen LogP contribution in [0.2, 0.25) is 0 Å². The van der Waals surface area contributed by atoms with Gasteiger partial charge in [-0.3, -0.25) is 4.79 Å². The third-order valence-electron chi connectivity index (χ3n) is 4.02. The highest BCUT2D eigenvalue weighted by Gasteiger charge is 2.11. The number of hydrogen-bond acceptors (Lipinski definition) is 4. The molecule has 0 aliphatic carbocycles. The first-order chi connectivity index (χ1) is 12.4. The van der Waals surface area contributed by atoms with E-state index in [1.807, 2.05) is 24.3 Å². The molecule has 0 aliphatic rings. The average Bonchev–Trinajstić information content (AvgIpc) is 2.64. The first-order valence-corrected chi connectivity index (χ1v) is 10.5. The van der Waals surface area contributed by atoms with Crippen molar-refractivity contribution in [3.8, 4) is 0 Å². The highest BCUT2D eigenvalue weighted by atomic mass is 32.2. The first kappa shape index (κ1) is 20.1. The van der Waals surface area contributed by atoms with Crippen molar-refractivity contribution in [2.45, 2.75) is 38.1 Å². The van der Waals surface area contributed by atoms with E-state index >= 15 is 0 Å². The summed E-state index contributed by atoms with van der Waals surface area (Å²) in [5, 5.41) is 6.20. The van der Waals surface area contributed by atoms with Crippen molar-refractivity contribution in [3.05, 3.63) is 59.7 Å². The van der Waals surface area contributed by atoms with Crippen LogP contribution in [0.1, 0.15) is 31.4 Å². The molecule has 0 fully saturated rings. The summed E-state index contributed by atoms with van der Waals surface area (Å²) in [4.78, 5) is 12.5. The molecule has 0 aliphatic heterocycles. The molecule has 0 saturated carbocycles. The Morgan fingerprint density at radius 1 is 0.923 bits per heavy atom. The van der Waals surface area contributed by atoms with Crippen LogP contribution in [0.4, 0.5) is 5.69 Å². The number of sulfone groups is 1. The fraction of sp³-hybridized carbons (Fsp3) is 0.350. The number of nitrogens with one attached hydrogen (secondary N) is 2. The predicted octanol–water partition coefficient (Wildman–Crippen LogP) is 3.16. The lowest BCUT2D eigenvalue weighted by Gasteiger charge is -2.08. The van der Waals surface area contributed by atoms with E-state index < -0.39 is 9.84 Å². The lowest BCUT2D eigenvalue weighted by Crippen LogP contribution is -2.15. The largest absolute Gasteiger partial charge is 0.326 e. The predicted molar refractivity (Wildman–Crippen MR) is 105 cm³/mol. The van der Waals surface area contributed by atoms with Crippen molar-refractivity contribution in [3.63, 3.8) is 0 Å². The minimum absolute atomic E-state index is 0.0663. The zero-order valence-corrected chi connectivity index (χ0v) is 16.1. The fourth-order valence-corrected chi connectivity index (χ4v) is 3.37. The van der Waals surface area contributed by atoms with E-state index in [2.05, 4.69) is 17.6 Å². The monoisotopic (exact) mass is 374 g/mol. The number of benzene rings is 2. The van der Waals surface area contributed by atoms with Gasteiger partial charge in [-0.15, -0.1) is 0 Å². The van der Waals surface area contributed by atoms with E-state index in [1.54, 1.807) is 31.2 Å². The van der Waals surface area contributed by atoms with Crippen molar-refractivity contribution in [2.24, 2.45) is 0 Å². The zero-order chi connectivity index (χ0) is 19.0. The highest BCUT2D eigenvalue weighted by molar-refractivity contribution is 7.91. The van der Waals surface area contributed by atoms with Gasteiger partial charge in [0.05, 0.1) is 17.1 Å². The van der Waals surface area contributed by atoms with Gasteiger partial charge in [-0.2, -0.15) is 0 Å². The Morgan fingerprint density at radius 2 is 1.54 bits per heavy atom. The Labute approximate surface area is 155 Å². The Bertz CT molecular complexity index is 813. The van der Waals surface area contributed by atoms with Crippen molar-refractivity contribution in [1.29, 1.82) is 0 Å². The summed E-state index contributed by atoms with van der Waals surface area (Å²) in [5.74, 6) is -0.0653. The first-order valence-electron chi connectivity index (χ1n) is 8.85. The molecule has 0 atom stereocenters. The lowest BCUT2D eigenvalue weighted by atomic mass is 10.1. The van der Waals surface area contributed by atoms with Gasteiger partial charge in [0.2, 0.25) is 5.91 Å². The van der Waals surface area contributed by atoms with Crippen LogP contribution in [0.5, 0.6) is 0 Å². The summed E-state index contributed by atoms with van der Waals surface area (Å²) in [6, 6.07) is 14.2. The molecular formula is C20H26N2O3S. The summed E-state index contributed by atoms with van der Waals surface area (Å²) in [7, 11) is -3.21. The number of hydrogen-bond donors (Lipinski definition) is 2. The molecule has 2 aromatic rings. The van der Waals surface area contributed by atoms with Crippen molar-refractivity contribution in [1.82, 2.24) is 5.32 Å². The molecule has 2 N–H and O–H groups in total. The molecule has 0 spiro atoms. The van der Waals surface area contributed by atoms with Crippen molar-refractivity contribution < 1.29 is 13.2 Å². The standard InChI is InChI=1S/C20H26N2O3S/c1-3-13-21-15-17-5-9-18(10-6-17)22-20(23)14-16-7-11-19(12-8-16)26(24,25)4-2/h5-12,21H,3-4,13-15H2,1-2H3,(H,22,23). The molecule has 2 aromatic carbocycles. The minimum Gasteiger partial charge on any atom is -0.326 e. The van der Waals surface area contributed by atoms with E-state index in [9.17, 15) is 13.2 Å². The summed E-state index contributed by atoms with van der Waals surface area (Å²) in [6.45, 7) is 5.54. The Kier molecular flexibility index (Phi) is 7.36. The lowest BCUT2D eigenvalue weighted by molar-refractivity contribution is -0.115. The summed E-state index contributed by atoms with van der Waals surface area (Å²) in [5.41, 5.74) is 2.70. The van der Waals surface area contributed by atoms with Gasteiger partial charge >= 0.3 is 0 Å². The number of carbonyl (C=O) groups is 1. The highest BCUT2D eigenvalue weighted by Crippen LogP contribution is 2.14. The Hall–Kier alpha value is -2.18. The maximum absolute atomic E-state index is 12.2. The second kappa shape index (κ2) is 9.50. The summed E-state index contributed by atoms with van der Waals surface area (Å²) < 4.78 is 23.6. The van der Waals surface area contributed by atoms with Gasteiger partial charge in [0, 0.05) is 12.2 Å². The van der Waals surface area contributed by atoms with Crippen LogP contribution in [0, 0.1) is 0 Å². The van der Waals surface area contributed by atoms with Gasteiger partial charge in [0.15, 0.2) is 9.84 Å². The number of amides is 1. The van der Waals surface area contributed by atoms with Crippen LogP contribution >= 0.6 is 0 Å². The second-order valence-corrected chi connectivity index (χ2v) is 8.42. The molecule has 2 rings (SSSR count). The molecule has 0 heterocycles. The third kappa shape index (κ3) is 5.97. The van der Waals surface area contributed by atoms with Crippen molar-refractivity contribution in [2.75, 3.05) is 17.6 Å². The fourth-order valence-electron chi connectivity index (χ4n) is 2.49. The zero-order valence-electron chi connectivity index (χ0n) is 15.3. The quantitative estimate of drug-likeness (QED) is 0.661.